The van der Waals surface area contributed by atoms with Crippen LogP contribution in [0.3, 0.4) is 0 Å². The molecular formula is C24H25N5O3S. The summed E-state index contributed by atoms with van der Waals surface area (Å²) in [5, 5.41) is 3.01. The summed E-state index contributed by atoms with van der Waals surface area (Å²) in [5.74, 6) is 0.728. The number of hydrogen-bond donors (Lipinski definition) is 1. The second kappa shape index (κ2) is 9.91. The number of aromatic nitrogens is 4. The molecule has 0 saturated carbocycles. The van der Waals surface area contributed by atoms with Crippen molar-refractivity contribution in [2.75, 3.05) is 5.32 Å². The Morgan fingerprint density at radius 1 is 1.00 bits per heavy atom. The predicted molar refractivity (Wildman–Crippen MR) is 131 cm³/mol. The molecule has 33 heavy (non-hydrogen) atoms. The van der Waals surface area contributed by atoms with Crippen LogP contribution in [0.25, 0.3) is 11.2 Å². The van der Waals surface area contributed by atoms with Crippen molar-refractivity contribution in [1.29, 1.82) is 0 Å². The number of rotatable bonds is 8. The Morgan fingerprint density at radius 3 is 2.52 bits per heavy atom. The van der Waals surface area contributed by atoms with E-state index in [0.29, 0.717) is 30.6 Å². The summed E-state index contributed by atoms with van der Waals surface area (Å²) in [6.07, 6.45) is 2.37. The Morgan fingerprint density at radius 2 is 1.73 bits per heavy atom. The Labute approximate surface area is 194 Å². The number of anilines is 1. The lowest BCUT2D eigenvalue weighted by Gasteiger charge is -2.11. The molecule has 2 heterocycles. The zero-order chi connectivity index (χ0) is 23.4. The first-order valence-corrected chi connectivity index (χ1v) is 11.6. The van der Waals surface area contributed by atoms with Crippen LogP contribution >= 0.6 is 11.8 Å². The second-order valence-corrected chi connectivity index (χ2v) is 8.76. The minimum Gasteiger partial charge on any atom is -0.325 e. The fourth-order valence-corrected chi connectivity index (χ4v) is 4.58. The van der Waals surface area contributed by atoms with E-state index in [4.69, 9.17) is 0 Å². The van der Waals surface area contributed by atoms with Crippen molar-refractivity contribution >= 4 is 34.5 Å². The monoisotopic (exact) mass is 463 g/mol. The van der Waals surface area contributed by atoms with E-state index in [-0.39, 0.29) is 11.5 Å². The van der Waals surface area contributed by atoms with Gasteiger partial charge in [-0.15, -0.1) is 11.8 Å². The summed E-state index contributed by atoms with van der Waals surface area (Å²) in [6, 6.07) is 18.0. The normalized spacial score (nSPS) is 11.1. The molecule has 8 nitrogen and oxygen atoms in total. The van der Waals surface area contributed by atoms with E-state index in [1.165, 1.54) is 17.2 Å². The molecular weight excluding hydrogens is 438 g/mol. The first kappa shape index (κ1) is 22.6. The smallest absolute Gasteiger partial charge is 0.325 e. The van der Waals surface area contributed by atoms with E-state index in [2.05, 4.69) is 22.4 Å². The molecule has 0 atom stereocenters. The van der Waals surface area contributed by atoms with Gasteiger partial charge < -0.3 is 9.88 Å². The number of benzene rings is 2. The third kappa shape index (κ3) is 4.93. The lowest BCUT2D eigenvalue weighted by molar-refractivity contribution is -0.116. The summed E-state index contributed by atoms with van der Waals surface area (Å²) in [6.45, 7) is 0.446. The molecule has 0 aliphatic rings. The standard InChI is InChI=1S/C24H25N5O3S/c1-27-22-21(23(31)28(2)24(27)32)29(16-25-22)14-8-13-20(30)26-18-11-6-7-12-19(18)33-15-17-9-4-3-5-10-17/h3-7,9-12,16H,8,13-15H2,1-2H3,(H,26,30). The fourth-order valence-electron chi connectivity index (χ4n) is 3.62. The van der Waals surface area contributed by atoms with Crippen molar-refractivity contribution in [3.63, 3.8) is 0 Å². The molecule has 2 aromatic carbocycles. The lowest BCUT2D eigenvalue weighted by atomic mass is 10.2. The Bertz CT molecular complexity index is 1410. The van der Waals surface area contributed by atoms with Gasteiger partial charge in [0.05, 0.1) is 12.0 Å². The van der Waals surface area contributed by atoms with Crippen LogP contribution in [0.15, 0.2) is 75.4 Å². The highest BCUT2D eigenvalue weighted by Gasteiger charge is 2.14. The van der Waals surface area contributed by atoms with E-state index in [1.807, 2.05) is 42.5 Å². The summed E-state index contributed by atoms with van der Waals surface area (Å²) < 4.78 is 4.12. The second-order valence-electron chi connectivity index (χ2n) is 7.74. The van der Waals surface area contributed by atoms with Crippen LogP contribution in [0.4, 0.5) is 5.69 Å². The maximum Gasteiger partial charge on any atom is 0.332 e. The first-order valence-electron chi connectivity index (χ1n) is 10.6. The highest BCUT2D eigenvalue weighted by molar-refractivity contribution is 7.98. The van der Waals surface area contributed by atoms with Crippen molar-refractivity contribution in [1.82, 2.24) is 18.7 Å². The summed E-state index contributed by atoms with van der Waals surface area (Å²) in [7, 11) is 3.03. The van der Waals surface area contributed by atoms with Gasteiger partial charge >= 0.3 is 5.69 Å². The topological polar surface area (TPSA) is 90.9 Å². The molecule has 2 aromatic heterocycles. The maximum absolute atomic E-state index is 12.6. The van der Waals surface area contributed by atoms with Gasteiger partial charge in [0.15, 0.2) is 11.2 Å². The molecule has 9 heteroatoms. The van der Waals surface area contributed by atoms with Crippen molar-refractivity contribution in [3.05, 3.63) is 87.3 Å². The van der Waals surface area contributed by atoms with Gasteiger partial charge in [-0.2, -0.15) is 0 Å². The number of para-hydroxylation sites is 1. The molecule has 170 valence electrons. The molecule has 4 rings (SSSR count). The number of nitrogens with one attached hydrogen (secondary N) is 1. The van der Waals surface area contributed by atoms with Gasteiger partial charge in [0.1, 0.15) is 0 Å². The zero-order valence-corrected chi connectivity index (χ0v) is 19.3. The number of thioether (sulfide) groups is 1. The summed E-state index contributed by atoms with van der Waals surface area (Å²) >= 11 is 1.68. The molecule has 1 N–H and O–H groups in total. The van der Waals surface area contributed by atoms with Gasteiger partial charge in [-0.05, 0) is 24.1 Å². The number of hydrogen-bond acceptors (Lipinski definition) is 5. The Kier molecular flexibility index (Phi) is 6.79. The predicted octanol–water partition coefficient (Wildman–Crippen LogP) is 3.14. The molecule has 0 radical (unpaired) electrons. The van der Waals surface area contributed by atoms with Gasteiger partial charge in [-0.1, -0.05) is 42.5 Å². The average Bonchev–Trinajstić information content (AvgIpc) is 3.25. The Hall–Kier alpha value is -3.59. The van der Waals surface area contributed by atoms with Crippen LogP contribution in [0, 0.1) is 0 Å². The molecule has 4 aromatic rings. The van der Waals surface area contributed by atoms with Crippen molar-refractivity contribution in [2.24, 2.45) is 14.1 Å². The van der Waals surface area contributed by atoms with Gasteiger partial charge in [-0.3, -0.25) is 18.7 Å². The quantitative estimate of drug-likeness (QED) is 0.406. The highest BCUT2D eigenvalue weighted by atomic mass is 32.2. The lowest BCUT2D eigenvalue weighted by Crippen LogP contribution is -2.37. The molecule has 0 aliphatic carbocycles. The third-order valence-electron chi connectivity index (χ3n) is 5.42. The van der Waals surface area contributed by atoms with E-state index < -0.39 is 5.69 Å². The number of imidazole rings is 1. The summed E-state index contributed by atoms with van der Waals surface area (Å²) in [5.41, 5.74) is 1.92. The molecule has 0 aliphatic heterocycles. The molecule has 0 saturated heterocycles. The van der Waals surface area contributed by atoms with Gasteiger partial charge in [0.25, 0.3) is 5.56 Å². The maximum atomic E-state index is 12.6. The Balaban J connectivity index is 1.38. The highest BCUT2D eigenvalue weighted by Crippen LogP contribution is 2.29. The van der Waals surface area contributed by atoms with Crippen LogP contribution in [-0.4, -0.2) is 24.6 Å². The molecule has 1 amide bonds. The average molecular weight is 464 g/mol. The largest absolute Gasteiger partial charge is 0.332 e. The van der Waals surface area contributed by atoms with Crippen molar-refractivity contribution < 1.29 is 4.79 Å². The third-order valence-corrected chi connectivity index (χ3v) is 6.56. The molecule has 0 bridgehead atoms. The van der Waals surface area contributed by atoms with E-state index >= 15 is 0 Å². The van der Waals surface area contributed by atoms with Crippen molar-refractivity contribution in [3.8, 4) is 0 Å². The van der Waals surface area contributed by atoms with Crippen molar-refractivity contribution in [2.45, 2.75) is 30.0 Å². The molecule has 0 spiro atoms. The van der Waals surface area contributed by atoms with Gasteiger partial charge in [-0.25, -0.2) is 9.78 Å². The van der Waals surface area contributed by atoms with Crippen LogP contribution in [0.2, 0.25) is 0 Å². The number of fused-ring (bicyclic) bond motifs is 1. The number of amides is 1. The minimum absolute atomic E-state index is 0.0903. The molecule has 0 fully saturated rings. The van der Waals surface area contributed by atoms with Crippen LogP contribution in [0.5, 0.6) is 0 Å². The number of carbonyl (C=O) groups is 1. The first-order chi connectivity index (χ1) is 16.0. The van der Waals surface area contributed by atoms with Crippen LogP contribution < -0.4 is 16.6 Å². The van der Waals surface area contributed by atoms with Gasteiger partial charge in [0.2, 0.25) is 5.91 Å². The van der Waals surface area contributed by atoms with E-state index in [9.17, 15) is 14.4 Å². The zero-order valence-electron chi connectivity index (χ0n) is 18.5. The SMILES string of the molecule is Cn1c(=O)c2c(ncn2CCCC(=O)Nc2ccccc2SCc2ccccc2)n(C)c1=O. The number of carbonyl (C=O) groups excluding carboxylic acids is 1. The summed E-state index contributed by atoms with van der Waals surface area (Å²) in [4.78, 5) is 42.4. The van der Waals surface area contributed by atoms with E-state index in [0.717, 1.165) is 20.9 Å². The van der Waals surface area contributed by atoms with Crippen LogP contribution in [0.1, 0.15) is 18.4 Å². The molecule has 0 unspecified atom stereocenters. The van der Waals surface area contributed by atoms with Gasteiger partial charge in [0, 0.05) is 37.7 Å². The minimum atomic E-state index is -0.416. The van der Waals surface area contributed by atoms with E-state index in [1.54, 1.807) is 29.7 Å². The number of aryl methyl sites for hydroxylation is 2. The fraction of sp³-hybridized carbons (Fsp3) is 0.250. The number of nitrogens with zero attached hydrogens (tertiary/aromatic N) is 4. The van der Waals surface area contributed by atoms with Crippen LogP contribution in [-0.2, 0) is 31.2 Å².